The molecule has 5 nitrogen and oxygen atoms in total. The molecule has 3 rings (SSSR count). The molecule has 1 unspecified atom stereocenters. The van der Waals surface area contributed by atoms with Crippen molar-refractivity contribution in [3.05, 3.63) is 45.7 Å². The van der Waals surface area contributed by atoms with E-state index in [1.54, 1.807) is 29.8 Å². The third-order valence-electron chi connectivity index (χ3n) is 3.56. The first-order valence-electron chi connectivity index (χ1n) is 6.62. The number of para-hydroxylation sites is 1. The number of nitrogens with zero attached hydrogens (tertiary/aromatic N) is 3. The van der Waals surface area contributed by atoms with E-state index in [2.05, 4.69) is 9.97 Å². The van der Waals surface area contributed by atoms with E-state index in [0.717, 1.165) is 15.6 Å². The maximum atomic E-state index is 11.4. The number of imidazole rings is 1. The van der Waals surface area contributed by atoms with Crippen LogP contribution in [0.4, 0.5) is 0 Å². The quantitative estimate of drug-likeness (QED) is 0.805. The van der Waals surface area contributed by atoms with Crippen molar-refractivity contribution >= 4 is 28.3 Å². The van der Waals surface area contributed by atoms with Crippen LogP contribution in [-0.4, -0.2) is 25.6 Å². The minimum absolute atomic E-state index is 0.00157. The summed E-state index contributed by atoms with van der Waals surface area (Å²) < 4.78 is 1.92. The third kappa shape index (κ3) is 2.21. The zero-order chi connectivity index (χ0) is 15.1. The number of fused-ring (bicyclic) bond motifs is 1. The Morgan fingerprint density at radius 1 is 1.38 bits per heavy atom. The van der Waals surface area contributed by atoms with Crippen molar-refractivity contribution in [3.8, 4) is 0 Å². The van der Waals surface area contributed by atoms with Gasteiger partial charge in [-0.15, -0.1) is 11.3 Å². The van der Waals surface area contributed by atoms with E-state index in [0.29, 0.717) is 11.0 Å². The molecule has 21 heavy (non-hydrogen) atoms. The van der Waals surface area contributed by atoms with E-state index in [1.807, 2.05) is 31.4 Å². The smallest absolute Gasteiger partial charge is 0.337 e. The highest BCUT2D eigenvalue weighted by atomic mass is 32.1. The molecule has 1 N–H and O–H groups in total. The van der Waals surface area contributed by atoms with Crippen LogP contribution in [0.5, 0.6) is 0 Å². The molecule has 3 aromatic rings. The normalized spacial score (nSPS) is 12.7. The maximum Gasteiger partial charge on any atom is 0.337 e. The minimum atomic E-state index is -0.938. The number of hydrogen-bond donors (Lipinski definition) is 1. The minimum Gasteiger partial charge on any atom is -0.478 e. The van der Waals surface area contributed by atoms with Crippen molar-refractivity contribution in [1.29, 1.82) is 0 Å². The summed E-state index contributed by atoms with van der Waals surface area (Å²) in [5.41, 5.74) is 2.61. The molecule has 0 spiro atoms. The number of carboxylic acid groups (broad SMARTS) is 1. The molecule has 108 valence electrons. The molecule has 1 aromatic carbocycles. The average molecular weight is 301 g/mol. The molecule has 0 aliphatic rings. The van der Waals surface area contributed by atoms with Gasteiger partial charge in [-0.3, -0.25) is 0 Å². The largest absolute Gasteiger partial charge is 0.478 e. The topological polar surface area (TPSA) is 68.0 Å². The Morgan fingerprint density at radius 2 is 2.14 bits per heavy atom. The van der Waals surface area contributed by atoms with Crippen LogP contribution in [0.2, 0.25) is 0 Å². The fourth-order valence-corrected chi connectivity index (χ4v) is 3.59. The van der Waals surface area contributed by atoms with Crippen LogP contribution in [0.3, 0.4) is 0 Å². The first-order chi connectivity index (χ1) is 9.99. The molecular formula is C15H15N3O2S. The number of carbonyl (C=O) groups is 1. The van der Waals surface area contributed by atoms with Crippen molar-refractivity contribution in [1.82, 2.24) is 14.5 Å². The van der Waals surface area contributed by atoms with Crippen molar-refractivity contribution < 1.29 is 9.90 Å². The lowest BCUT2D eigenvalue weighted by atomic mass is 10.1. The summed E-state index contributed by atoms with van der Waals surface area (Å²) in [7, 11) is 0. The van der Waals surface area contributed by atoms with E-state index in [-0.39, 0.29) is 11.6 Å². The summed E-state index contributed by atoms with van der Waals surface area (Å²) in [5.74, 6) is -0.938. The lowest BCUT2D eigenvalue weighted by Crippen LogP contribution is -2.08. The molecule has 0 fully saturated rings. The predicted molar refractivity (Wildman–Crippen MR) is 82.1 cm³/mol. The Balaban J connectivity index is 2.21. The number of hydrogen-bond acceptors (Lipinski definition) is 4. The summed E-state index contributed by atoms with van der Waals surface area (Å²) in [6.07, 6.45) is 1.70. The van der Waals surface area contributed by atoms with Gasteiger partial charge in [0.05, 0.1) is 44.5 Å². The lowest BCUT2D eigenvalue weighted by Gasteiger charge is -2.14. The first kappa shape index (κ1) is 13.8. The number of aromatic nitrogens is 3. The van der Waals surface area contributed by atoms with Gasteiger partial charge in [0, 0.05) is 0 Å². The van der Waals surface area contributed by atoms with Gasteiger partial charge in [-0.1, -0.05) is 6.07 Å². The van der Waals surface area contributed by atoms with Gasteiger partial charge in [0.15, 0.2) is 0 Å². The van der Waals surface area contributed by atoms with Gasteiger partial charge in [0.2, 0.25) is 0 Å². The molecule has 6 heteroatoms. The molecule has 0 aliphatic heterocycles. The van der Waals surface area contributed by atoms with E-state index in [4.69, 9.17) is 0 Å². The highest BCUT2D eigenvalue weighted by molar-refractivity contribution is 7.11. The van der Waals surface area contributed by atoms with Crippen molar-refractivity contribution in [2.24, 2.45) is 0 Å². The Hall–Kier alpha value is -2.21. The third-order valence-corrected chi connectivity index (χ3v) is 4.80. The number of benzene rings is 1. The van der Waals surface area contributed by atoms with E-state index in [9.17, 15) is 9.90 Å². The highest BCUT2D eigenvalue weighted by Crippen LogP contribution is 2.31. The second-order valence-electron chi connectivity index (χ2n) is 4.99. The van der Waals surface area contributed by atoms with Crippen LogP contribution >= 0.6 is 11.3 Å². The predicted octanol–water partition coefficient (Wildman–Crippen LogP) is 3.42. The fourth-order valence-electron chi connectivity index (χ4n) is 2.62. The number of rotatable bonds is 3. The van der Waals surface area contributed by atoms with Gasteiger partial charge in [-0.25, -0.2) is 14.8 Å². The average Bonchev–Trinajstić information content (AvgIpc) is 3.00. The van der Waals surface area contributed by atoms with Gasteiger partial charge in [0.1, 0.15) is 0 Å². The molecule has 0 saturated heterocycles. The Labute approximate surface area is 125 Å². The molecule has 0 saturated carbocycles. The summed E-state index contributed by atoms with van der Waals surface area (Å²) in [6.45, 7) is 5.99. The van der Waals surface area contributed by atoms with Crippen LogP contribution in [0.15, 0.2) is 24.5 Å². The van der Waals surface area contributed by atoms with Crippen molar-refractivity contribution in [3.63, 3.8) is 0 Å². The van der Waals surface area contributed by atoms with E-state index in [1.165, 1.54) is 0 Å². The van der Waals surface area contributed by atoms with E-state index >= 15 is 0 Å². The molecule has 2 heterocycles. The maximum absolute atomic E-state index is 11.4. The fraction of sp³-hybridized carbons (Fsp3) is 0.267. The van der Waals surface area contributed by atoms with Gasteiger partial charge < -0.3 is 9.67 Å². The van der Waals surface area contributed by atoms with Gasteiger partial charge in [0.25, 0.3) is 0 Å². The van der Waals surface area contributed by atoms with Crippen molar-refractivity contribution in [2.45, 2.75) is 26.8 Å². The molecule has 0 amide bonds. The Morgan fingerprint density at radius 3 is 2.76 bits per heavy atom. The molecule has 0 bridgehead atoms. The number of thiazole rings is 1. The van der Waals surface area contributed by atoms with Gasteiger partial charge in [-0.05, 0) is 32.9 Å². The zero-order valence-electron chi connectivity index (χ0n) is 12.0. The Kier molecular flexibility index (Phi) is 3.25. The van der Waals surface area contributed by atoms with Gasteiger partial charge >= 0.3 is 5.97 Å². The standard InChI is InChI=1S/C15H15N3O2S/c1-8-14(21-10(3)17-8)9(2)18-7-16-12-6-4-5-11(13(12)18)15(19)20/h4-7,9H,1-3H3,(H,19,20). The van der Waals surface area contributed by atoms with Crippen LogP contribution in [0.1, 0.15) is 38.9 Å². The first-order valence-corrected chi connectivity index (χ1v) is 7.43. The number of aromatic carboxylic acids is 1. The summed E-state index contributed by atoms with van der Waals surface area (Å²) in [6, 6.07) is 5.16. The van der Waals surface area contributed by atoms with E-state index < -0.39 is 5.97 Å². The second kappa shape index (κ2) is 4.96. The highest BCUT2D eigenvalue weighted by Gasteiger charge is 2.20. The lowest BCUT2D eigenvalue weighted by molar-refractivity contribution is 0.0698. The van der Waals surface area contributed by atoms with Gasteiger partial charge in [-0.2, -0.15) is 0 Å². The number of carboxylic acids is 1. The monoisotopic (exact) mass is 301 g/mol. The van der Waals surface area contributed by atoms with Crippen LogP contribution in [-0.2, 0) is 0 Å². The van der Waals surface area contributed by atoms with Crippen LogP contribution in [0, 0.1) is 13.8 Å². The Bertz CT molecular complexity index is 835. The molecule has 0 radical (unpaired) electrons. The SMILES string of the molecule is Cc1nc(C)c(C(C)n2cnc3cccc(C(=O)O)c32)s1. The molecule has 0 aliphatic carbocycles. The molecule has 2 aromatic heterocycles. The summed E-state index contributed by atoms with van der Waals surface area (Å²) in [4.78, 5) is 21.4. The summed E-state index contributed by atoms with van der Waals surface area (Å²) in [5, 5.41) is 10.4. The molecular weight excluding hydrogens is 286 g/mol. The van der Waals surface area contributed by atoms with Crippen LogP contribution < -0.4 is 0 Å². The van der Waals surface area contributed by atoms with Crippen LogP contribution in [0.25, 0.3) is 11.0 Å². The van der Waals surface area contributed by atoms with Crippen molar-refractivity contribution in [2.75, 3.05) is 0 Å². The molecule has 1 atom stereocenters. The summed E-state index contributed by atoms with van der Waals surface area (Å²) >= 11 is 1.64. The second-order valence-corrected chi connectivity index (χ2v) is 6.22. The zero-order valence-corrected chi connectivity index (χ0v) is 12.8. The number of aryl methyl sites for hydroxylation is 2.